The van der Waals surface area contributed by atoms with Crippen LogP contribution in [0.3, 0.4) is 0 Å². The van der Waals surface area contributed by atoms with E-state index in [0.29, 0.717) is 0 Å². The Labute approximate surface area is 171 Å². The molecule has 2 aliphatic heterocycles. The number of fused-ring (bicyclic) bond motifs is 1. The van der Waals surface area contributed by atoms with Crippen LogP contribution in [0.2, 0.25) is 0 Å². The highest BCUT2D eigenvalue weighted by molar-refractivity contribution is 5.96. The van der Waals surface area contributed by atoms with E-state index >= 15 is 0 Å². The van der Waals surface area contributed by atoms with Gasteiger partial charge in [0.1, 0.15) is 0 Å². The maximum atomic E-state index is 13.3. The minimum atomic E-state index is 0.0440. The van der Waals surface area contributed by atoms with Gasteiger partial charge in [0.2, 0.25) is 0 Å². The first-order valence-corrected chi connectivity index (χ1v) is 10.4. The molecule has 29 heavy (non-hydrogen) atoms. The van der Waals surface area contributed by atoms with E-state index < -0.39 is 0 Å². The summed E-state index contributed by atoms with van der Waals surface area (Å²) in [6.07, 6.45) is 6.76. The Morgan fingerprint density at radius 3 is 2.55 bits per heavy atom. The molecule has 3 heterocycles. The number of aromatic nitrogens is 2. The molecule has 2 aliphatic rings. The minimum Gasteiger partial charge on any atom is -0.364 e. The predicted octanol–water partition coefficient (Wildman–Crippen LogP) is 4.13. The van der Waals surface area contributed by atoms with Gasteiger partial charge < -0.3 is 9.80 Å². The lowest BCUT2D eigenvalue weighted by Gasteiger charge is -2.58. The van der Waals surface area contributed by atoms with Gasteiger partial charge in [0.25, 0.3) is 5.91 Å². The lowest BCUT2D eigenvalue weighted by Crippen LogP contribution is -2.68. The maximum absolute atomic E-state index is 13.3. The molecule has 5 nitrogen and oxygen atoms in total. The monoisotopic (exact) mass is 386 g/mol. The van der Waals surface area contributed by atoms with Crippen molar-refractivity contribution < 1.29 is 4.79 Å². The smallest absolute Gasteiger partial charge is 0.254 e. The van der Waals surface area contributed by atoms with Gasteiger partial charge in [-0.2, -0.15) is 0 Å². The van der Waals surface area contributed by atoms with Gasteiger partial charge in [-0.3, -0.25) is 14.8 Å². The van der Waals surface area contributed by atoms with Gasteiger partial charge in [-0.1, -0.05) is 17.7 Å². The summed E-state index contributed by atoms with van der Waals surface area (Å²) in [6.45, 7) is 6.75. The van der Waals surface area contributed by atoms with Crippen molar-refractivity contribution in [1.82, 2.24) is 14.9 Å². The number of likely N-dealkylation sites (tertiary alicyclic amines) is 1. The zero-order chi connectivity index (χ0) is 20.0. The van der Waals surface area contributed by atoms with Crippen LogP contribution in [0.5, 0.6) is 0 Å². The molecule has 2 fully saturated rings. The molecule has 1 spiro atoms. The molecule has 1 amide bonds. The highest BCUT2D eigenvalue weighted by Crippen LogP contribution is 2.42. The van der Waals surface area contributed by atoms with E-state index in [1.807, 2.05) is 25.1 Å². The molecule has 1 unspecified atom stereocenters. The minimum absolute atomic E-state index is 0.0440. The number of nitrogens with zero attached hydrogens (tertiary/aromatic N) is 4. The molecule has 5 rings (SSSR count). The van der Waals surface area contributed by atoms with E-state index in [-0.39, 0.29) is 11.4 Å². The number of hydrogen-bond acceptors (Lipinski definition) is 4. The number of benzene rings is 2. The first-order chi connectivity index (χ1) is 14.1. The third-order valence-electron chi connectivity index (χ3n) is 6.59. The summed E-state index contributed by atoms with van der Waals surface area (Å²) in [7, 11) is 0. The van der Waals surface area contributed by atoms with E-state index in [2.05, 4.69) is 44.9 Å². The van der Waals surface area contributed by atoms with Crippen molar-refractivity contribution in [3.63, 3.8) is 0 Å². The number of amides is 1. The molecule has 1 aromatic heterocycles. The molecular weight excluding hydrogens is 360 g/mol. The third kappa shape index (κ3) is 3.05. The molecule has 5 heteroatoms. The second-order valence-corrected chi connectivity index (χ2v) is 8.50. The number of rotatable bonds is 2. The molecule has 2 aromatic carbocycles. The standard InChI is InChI=1S/C24H26N4O/c1-17-4-6-20(18(2)14-17)23(29)27-12-3-8-24(16-27)9-13-28(24)19-5-7-21-22(15-19)26-11-10-25-21/h4-7,10-11,14-15H,3,8-9,12-13,16H2,1-2H3. The number of carbonyl (C=O) groups excluding carboxylic acids is 1. The van der Waals surface area contributed by atoms with Gasteiger partial charge in [-0.05, 0) is 62.9 Å². The molecule has 3 aromatic rings. The molecule has 0 aliphatic carbocycles. The highest BCUT2D eigenvalue weighted by atomic mass is 16.2. The van der Waals surface area contributed by atoms with Crippen LogP contribution in [0.4, 0.5) is 5.69 Å². The molecule has 2 saturated heterocycles. The summed E-state index contributed by atoms with van der Waals surface area (Å²) < 4.78 is 0. The van der Waals surface area contributed by atoms with Crippen LogP contribution in [0.25, 0.3) is 11.0 Å². The average Bonchev–Trinajstić information content (AvgIpc) is 2.72. The summed E-state index contributed by atoms with van der Waals surface area (Å²) in [6, 6.07) is 12.4. The fraction of sp³-hybridized carbons (Fsp3) is 0.375. The van der Waals surface area contributed by atoms with Crippen molar-refractivity contribution in [2.45, 2.75) is 38.6 Å². The lowest BCUT2D eigenvalue weighted by atomic mass is 9.77. The van der Waals surface area contributed by atoms with Crippen LogP contribution >= 0.6 is 0 Å². The van der Waals surface area contributed by atoms with Gasteiger partial charge in [0.15, 0.2) is 0 Å². The van der Waals surface area contributed by atoms with Gasteiger partial charge in [0.05, 0.1) is 16.6 Å². The SMILES string of the molecule is Cc1ccc(C(=O)N2CCCC3(CCN3c3ccc4nccnc4c3)C2)c(C)c1. The third-order valence-corrected chi connectivity index (χ3v) is 6.59. The predicted molar refractivity (Wildman–Crippen MR) is 115 cm³/mol. The van der Waals surface area contributed by atoms with Crippen molar-refractivity contribution >= 4 is 22.6 Å². The number of anilines is 1. The summed E-state index contributed by atoms with van der Waals surface area (Å²) in [5, 5.41) is 0. The molecule has 0 bridgehead atoms. The number of hydrogen-bond donors (Lipinski definition) is 0. The second kappa shape index (κ2) is 6.83. The van der Waals surface area contributed by atoms with E-state index in [9.17, 15) is 4.79 Å². The molecular formula is C24H26N4O. The van der Waals surface area contributed by atoms with Crippen molar-refractivity contribution in [3.8, 4) is 0 Å². The van der Waals surface area contributed by atoms with Crippen molar-refractivity contribution in [2.24, 2.45) is 0 Å². The van der Waals surface area contributed by atoms with Gasteiger partial charge >= 0.3 is 0 Å². The molecule has 148 valence electrons. The summed E-state index contributed by atoms with van der Waals surface area (Å²) in [4.78, 5) is 26.6. The van der Waals surface area contributed by atoms with Crippen LogP contribution in [0.1, 0.15) is 40.7 Å². The largest absolute Gasteiger partial charge is 0.364 e. The zero-order valence-electron chi connectivity index (χ0n) is 17.1. The first kappa shape index (κ1) is 18.1. The zero-order valence-corrected chi connectivity index (χ0v) is 17.1. The fourth-order valence-corrected chi connectivity index (χ4v) is 5.00. The summed E-state index contributed by atoms with van der Waals surface area (Å²) in [5.41, 5.74) is 6.16. The van der Waals surface area contributed by atoms with E-state index in [4.69, 9.17) is 0 Å². The Morgan fingerprint density at radius 1 is 0.966 bits per heavy atom. The molecule has 0 N–H and O–H groups in total. The fourth-order valence-electron chi connectivity index (χ4n) is 5.00. The van der Waals surface area contributed by atoms with Crippen LogP contribution in [-0.4, -0.2) is 45.9 Å². The Balaban J connectivity index is 1.41. The summed E-state index contributed by atoms with van der Waals surface area (Å²) in [5.74, 6) is 0.165. The number of carbonyl (C=O) groups is 1. The average molecular weight is 386 g/mol. The van der Waals surface area contributed by atoms with Crippen molar-refractivity contribution in [1.29, 1.82) is 0 Å². The van der Waals surface area contributed by atoms with Crippen LogP contribution in [0, 0.1) is 13.8 Å². The maximum Gasteiger partial charge on any atom is 0.254 e. The number of aryl methyl sites for hydroxylation is 2. The Morgan fingerprint density at radius 2 is 1.79 bits per heavy atom. The highest BCUT2D eigenvalue weighted by Gasteiger charge is 2.48. The lowest BCUT2D eigenvalue weighted by molar-refractivity contribution is 0.0563. The van der Waals surface area contributed by atoms with Gasteiger partial charge in [0, 0.05) is 43.3 Å². The van der Waals surface area contributed by atoms with Gasteiger partial charge in [-0.15, -0.1) is 0 Å². The van der Waals surface area contributed by atoms with Crippen LogP contribution in [0.15, 0.2) is 48.8 Å². The number of piperidine rings is 1. The van der Waals surface area contributed by atoms with Crippen LogP contribution in [-0.2, 0) is 0 Å². The molecule has 1 atom stereocenters. The Kier molecular flexibility index (Phi) is 4.26. The van der Waals surface area contributed by atoms with Gasteiger partial charge in [-0.25, -0.2) is 0 Å². The van der Waals surface area contributed by atoms with Crippen molar-refractivity contribution in [2.75, 3.05) is 24.5 Å². The Hall–Kier alpha value is -2.95. The topological polar surface area (TPSA) is 49.3 Å². The quantitative estimate of drug-likeness (QED) is 0.664. The summed E-state index contributed by atoms with van der Waals surface area (Å²) >= 11 is 0. The van der Waals surface area contributed by atoms with E-state index in [1.54, 1.807) is 12.4 Å². The first-order valence-electron chi connectivity index (χ1n) is 10.4. The Bertz CT molecular complexity index is 1100. The second-order valence-electron chi connectivity index (χ2n) is 8.50. The molecule has 0 radical (unpaired) electrons. The van der Waals surface area contributed by atoms with E-state index in [0.717, 1.165) is 61.1 Å². The van der Waals surface area contributed by atoms with E-state index in [1.165, 1.54) is 11.3 Å². The normalized spacial score (nSPS) is 21.4. The van der Waals surface area contributed by atoms with Crippen molar-refractivity contribution in [3.05, 3.63) is 65.5 Å². The molecule has 0 saturated carbocycles. The van der Waals surface area contributed by atoms with Crippen LogP contribution < -0.4 is 4.90 Å².